The molecule has 1 atom stereocenters. The number of carbonyl (C=O) groups excluding carboxylic acids is 1. The first-order chi connectivity index (χ1) is 12.0. The lowest BCUT2D eigenvalue weighted by molar-refractivity contribution is -0.139. The van der Waals surface area contributed by atoms with E-state index in [1.165, 1.54) is 4.90 Å². The van der Waals surface area contributed by atoms with Gasteiger partial charge in [0.2, 0.25) is 0 Å². The highest BCUT2D eigenvalue weighted by Crippen LogP contribution is 2.38. The number of nitrogens with one attached hydrogen (secondary N) is 1. The lowest BCUT2D eigenvalue weighted by atomic mass is 10.0. The van der Waals surface area contributed by atoms with Crippen LogP contribution in [0.1, 0.15) is 33.1 Å². The second-order valence-electron chi connectivity index (χ2n) is 6.00. The van der Waals surface area contributed by atoms with Gasteiger partial charge in [-0.1, -0.05) is 18.2 Å². The maximum Gasteiger partial charge on any atom is 0.341 e. The van der Waals surface area contributed by atoms with Crippen molar-refractivity contribution in [2.45, 2.75) is 24.8 Å². The van der Waals surface area contributed by atoms with Crippen molar-refractivity contribution in [1.29, 1.82) is 0 Å². The zero-order valence-electron chi connectivity index (χ0n) is 14.0. The van der Waals surface area contributed by atoms with Crippen LogP contribution in [0.4, 0.5) is 0 Å². The molecule has 1 unspecified atom stereocenters. The Morgan fingerprint density at radius 2 is 1.92 bits per heavy atom. The van der Waals surface area contributed by atoms with Crippen molar-refractivity contribution >= 4 is 23.6 Å². The number of amides is 1. The second kappa shape index (κ2) is 7.19. The summed E-state index contributed by atoms with van der Waals surface area (Å²) in [5.41, 5.74) is 3.18. The Labute approximate surface area is 150 Å². The molecule has 3 rings (SSSR count). The normalized spacial score (nSPS) is 15.5. The second-order valence-corrected chi connectivity index (χ2v) is 7.06. The SMILES string of the molecule is Cc1cc(C(=O)NC2CSc3ccccc32)cc(C)c1OCC(=O)O. The maximum absolute atomic E-state index is 12.6. The Morgan fingerprint density at radius 3 is 2.60 bits per heavy atom. The number of thioether (sulfide) groups is 1. The van der Waals surface area contributed by atoms with Crippen molar-refractivity contribution in [3.8, 4) is 5.75 Å². The quantitative estimate of drug-likeness (QED) is 0.858. The van der Waals surface area contributed by atoms with E-state index in [4.69, 9.17) is 9.84 Å². The van der Waals surface area contributed by atoms with E-state index >= 15 is 0 Å². The molecule has 1 aliphatic heterocycles. The van der Waals surface area contributed by atoms with Crippen molar-refractivity contribution in [3.63, 3.8) is 0 Å². The van der Waals surface area contributed by atoms with Crippen LogP contribution >= 0.6 is 11.8 Å². The number of ether oxygens (including phenoxy) is 1. The molecule has 0 bridgehead atoms. The van der Waals surface area contributed by atoms with Gasteiger partial charge in [-0.3, -0.25) is 4.79 Å². The molecule has 1 amide bonds. The van der Waals surface area contributed by atoms with Crippen molar-refractivity contribution in [1.82, 2.24) is 5.32 Å². The molecule has 2 N–H and O–H groups in total. The summed E-state index contributed by atoms with van der Waals surface area (Å²) >= 11 is 1.74. The Bertz CT molecular complexity index is 811. The molecule has 0 saturated heterocycles. The van der Waals surface area contributed by atoms with E-state index in [1.807, 2.05) is 32.0 Å². The molecule has 0 radical (unpaired) electrons. The monoisotopic (exact) mass is 357 g/mol. The molecule has 0 spiro atoms. The van der Waals surface area contributed by atoms with Crippen LogP contribution in [-0.2, 0) is 4.79 Å². The van der Waals surface area contributed by atoms with Gasteiger partial charge in [0.15, 0.2) is 6.61 Å². The summed E-state index contributed by atoms with van der Waals surface area (Å²) in [5, 5.41) is 11.8. The van der Waals surface area contributed by atoms with E-state index in [0.29, 0.717) is 11.3 Å². The van der Waals surface area contributed by atoms with Gasteiger partial charge >= 0.3 is 5.97 Å². The fourth-order valence-electron chi connectivity index (χ4n) is 2.97. The number of fused-ring (bicyclic) bond motifs is 1. The highest BCUT2D eigenvalue weighted by molar-refractivity contribution is 7.99. The lowest BCUT2D eigenvalue weighted by Gasteiger charge is -2.16. The predicted molar refractivity (Wildman–Crippen MR) is 96.4 cm³/mol. The van der Waals surface area contributed by atoms with Crippen molar-refractivity contribution in [2.75, 3.05) is 12.4 Å². The van der Waals surface area contributed by atoms with E-state index in [9.17, 15) is 9.59 Å². The molecule has 2 aromatic rings. The van der Waals surface area contributed by atoms with Gasteiger partial charge in [-0.15, -0.1) is 11.8 Å². The van der Waals surface area contributed by atoms with Crippen molar-refractivity contribution in [2.24, 2.45) is 0 Å². The van der Waals surface area contributed by atoms with Gasteiger partial charge < -0.3 is 15.2 Å². The number of hydrogen-bond donors (Lipinski definition) is 2. The third-order valence-corrected chi connectivity index (χ3v) is 5.25. The Kier molecular flexibility index (Phi) is 4.99. The number of benzene rings is 2. The molecule has 1 heterocycles. The summed E-state index contributed by atoms with van der Waals surface area (Å²) < 4.78 is 5.31. The average molecular weight is 357 g/mol. The number of rotatable bonds is 5. The van der Waals surface area contributed by atoms with Gasteiger partial charge in [0.25, 0.3) is 5.91 Å². The zero-order valence-corrected chi connectivity index (χ0v) is 14.9. The number of aliphatic carboxylic acids is 1. The third kappa shape index (κ3) is 3.79. The minimum absolute atomic E-state index is 0.00255. The Morgan fingerprint density at radius 1 is 1.24 bits per heavy atom. The number of carboxylic acids is 1. The van der Waals surface area contributed by atoms with Gasteiger partial charge in [-0.2, -0.15) is 0 Å². The number of hydrogen-bond acceptors (Lipinski definition) is 4. The van der Waals surface area contributed by atoms with E-state index < -0.39 is 12.6 Å². The van der Waals surface area contributed by atoms with Crippen LogP contribution in [0.2, 0.25) is 0 Å². The first-order valence-corrected chi connectivity index (χ1v) is 8.92. The van der Waals surface area contributed by atoms with Gasteiger partial charge in [0, 0.05) is 16.2 Å². The fraction of sp³-hybridized carbons (Fsp3) is 0.263. The highest BCUT2D eigenvalue weighted by atomic mass is 32.2. The number of carbonyl (C=O) groups is 2. The summed E-state index contributed by atoms with van der Waals surface area (Å²) in [6.45, 7) is 3.21. The summed E-state index contributed by atoms with van der Waals surface area (Å²) in [4.78, 5) is 24.5. The van der Waals surface area contributed by atoms with Crippen LogP contribution in [0.25, 0.3) is 0 Å². The smallest absolute Gasteiger partial charge is 0.341 e. The number of aryl methyl sites for hydroxylation is 2. The average Bonchev–Trinajstić information content (AvgIpc) is 2.97. The van der Waals surface area contributed by atoms with Crippen LogP contribution in [0.3, 0.4) is 0 Å². The van der Waals surface area contributed by atoms with Gasteiger partial charge in [-0.25, -0.2) is 4.79 Å². The summed E-state index contributed by atoms with van der Waals surface area (Å²) in [6.07, 6.45) is 0. The van der Waals surface area contributed by atoms with Gasteiger partial charge in [0.05, 0.1) is 6.04 Å². The molecule has 5 nitrogen and oxygen atoms in total. The lowest BCUT2D eigenvalue weighted by Crippen LogP contribution is -2.28. The summed E-state index contributed by atoms with van der Waals surface area (Å²) in [7, 11) is 0. The molecule has 0 fully saturated rings. The first kappa shape index (κ1) is 17.4. The summed E-state index contributed by atoms with van der Waals surface area (Å²) in [5.74, 6) is 0.167. The van der Waals surface area contributed by atoms with E-state index in [-0.39, 0.29) is 11.9 Å². The fourth-order valence-corrected chi connectivity index (χ4v) is 4.13. The molecule has 130 valence electrons. The molecule has 2 aromatic carbocycles. The Hall–Kier alpha value is -2.47. The van der Waals surface area contributed by atoms with Gasteiger partial charge in [0.1, 0.15) is 5.75 Å². The zero-order chi connectivity index (χ0) is 18.0. The molecular weight excluding hydrogens is 338 g/mol. The van der Waals surface area contributed by atoms with Crippen LogP contribution in [0.5, 0.6) is 5.75 Å². The van der Waals surface area contributed by atoms with Gasteiger partial charge in [-0.05, 0) is 48.7 Å². The standard InChI is InChI=1S/C19H19NO4S/c1-11-7-13(8-12(2)18(11)24-9-17(21)22)19(23)20-15-10-25-16-6-4-3-5-14(15)16/h3-8,15H,9-10H2,1-2H3,(H,20,23)(H,21,22). The summed E-state index contributed by atoms with van der Waals surface area (Å²) in [6, 6.07) is 11.5. The van der Waals surface area contributed by atoms with Crippen molar-refractivity contribution < 1.29 is 19.4 Å². The molecule has 6 heteroatoms. The molecule has 0 aromatic heterocycles. The van der Waals surface area contributed by atoms with Crippen LogP contribution in [0, 0.1) is 13.8 Å². The molecule has 0 aliphatic carbocycles. The first-order valence-electron chi connectivity index (χ1n) is 7.94. The largest absolute Gasteiger partial charge is 0.481 e. The maximum atomic E-state index is 12.6. The molecule has 25 heavy (non-hydrogen) atoms. The van der Waals surface area contributed by atoms with E-state index in [1.54, 1.807) is 23.9 Å². The van der Waals surface area contributed by atoms with E-state index in [2.05, 4.69) is 11.4 Å². The van der Waals surface area contributed by atoms with Crippen LogP contribution in [-0.4, -0.2) is 29.3 Å². The third-order valence-electron chi connectivity index (χ3n) is 4.07. The molecule has 0 saturated carbocycles. The highest BCUT2D eigenvalue weighted by Gasteiger charge is 2.25. The topological polar surface area (TPSA) is 75.6 Å². The van der Waals surface area contributed by atoms with Crippen LogP contribution < -0.4 is 10.1 Å². The minimum Gasteiger partial charge on any atom is -0.481 e. The van der Waals surface area contributed by atoms with E-state index in [0.717, 1.165) is 22.4 Å². The molecule has 1 aliphatic rings. The molecular formula is C19H19NO4S. The van der Waals surface area contributed by atoms with Crippen molar-refractivity contribution in [3.05, 3.63) is 58.7 Å². The minimum atomic E-state index is -1.03. The van der Waals surface area contributed by atoms with Crippen LogP contribution in [0.15, 0.2) is 41.3 Å². The Balaban J connectivity index is 1.76. The predicted octanol–water partition coefficient (Wildman–Crippen LogP) is 3.34. The number of carboxylic acid groups (broad SMARTS) is 1.